The van der Waals surface area contributed by atoms with Crippen molar-refractivity contribution in [3.8, 4) is 0 Å². The molecule has 1 atom stereocenters. The molecule has 23 heavy (non-hydrogen) atoms. The van der Waals surface area contributed by atoms with Crippen LogP contribution in [0.15, 0.2) is 30.3 Å². The smallest absolute Gasteiger partial charge is 0.323 e. The minimum absolute atomic E-state index is 0.206. The Labute approximate surface area is 142 Å². The van der Waals surface area contributed by atoms with Crippen molar-refractivity contribution in [2.45, 2.75) is 31.6 Å². The summed E-state index contributed by atoms with van der Waals surface area (Å²) < 4.78 is 9.69. The molecule has 0 spiro atoms. The van der Waals surface area contributed by atoms with Crippen molar-refractivity contribution in [3.05, 3.63) is 35.9 Å². The summed E-state index contributed by atoms with van der Waals surface area (Å²) in [5.41, 5.74) is 1.23. The van der Waals surface area contributed by atoms with Gasteiger partial charge in [-0.2, -0.15) is 11.8 Å². The fourth-order valence-corrected chi connectivity index (χ4v) is 3.00. The standard InChI is InChI=1S/C17H25NO4S/c1-3-22-16(19)10-7-11-18-15(17(20)21-2)13-23-12-14-8-5-4-6-9-14/h4-6,8-9,15,18H,3,7,10-13H2,1-2H3/t15-/m0/s1. The maximum absolute atomic E-state index is 11.8. The van der Waals surface area contributed by atoms with Crippen molar-refractivity contribution in [3.63, 3.8) is 0 Å². The number of nitrogens with one attached hydrogen (secondary N) is 1. The van der Waals surface area contributed by atoms with Crippen molar-refractivity contribution < 1.29 is 19.1 Å². The number of esters is 2. The van der Waals surface area contributed by atoms with Crippen LogP contribution in [0.5, 0.6) is 0 Å². The molecule has 0 aromatic heterocycles. The Balaban J connectivity index is 2.29. The maximum Gasteiger partial charge on any atom is 0.323 e. The first-order chi connectivity index (χ1) is 11.2. The molecule has 0 fully saturated rings. The molecule has 1 aromatic rings. The lowest BCUT2D eigenvalue weighted by molar-refractivity contribution is -0.143. The first-order valence-corrected chi connectivity index (χ1v) is 8.91. The summed E-state index contributed by atoms with van der Waals surface area (Å²) in [6.45, 7) is 2.76. The van der Waals surface area contributed by atoms with Gasteiger partial charge in [-0.15, -0.1) is 0 Å². The predicted molar refractivity (Wildman–Crippen MR) is 92.3 cm³/mol. The molecule has 1 aromatic carbocycles. The van der Waals surface area contributed by atoms with E-state index in [1.165, 1.54) is 12.7 Å². The Bertz CT molecular complexity index is 467. The highest BCUT2D eigenvalue weighted by molar-refractivity contribution is 7.98. The molecular weight excluding hydrogens is 314 g/mol. The van der Waals surface area contributed by atoms with E-state index in [0.717, 1.165) is 5.75 Å². The number of benzene rings is 1. The lowest BCUT2D eigenvalue weighted by atomic mass is 10.2. The maximum atomic E-state index is 11.8. The number of hydrogen-bond donors (Lipinski definition) is 1. The van der Waals surface area contributed by atoms with Gasteiger partial charge in [-0.3, -0.25) is 9.59 Å². The predicted octanol–water partition coefficient (Wildman–Crippen LogP) is 2.39. The van der Waals surface area contributed by atoms with Crippen LogP contribution in [0.3, 0.4) is 0 Å². The third-order valence-corrected chi connectivity index (χ3v) is 4.24. The summed E-state index contributed by atoms with van der Waals surface area (Å²) in [5, 5.41) is 3.15. The number of ether oxygens (including phenoxy) is 2. The highest BCUT2D eigenvalue weighted by Gasteiger charge is 2.18. The quantitative estimate of drug-likeness (QED) is 0.493. The molecule has 0 aliphatic heterocycles. The topological polar surface area (TPSA) is 64.6 Å². The molecule has 0 saturated heterocycles. The zero-order valence-electron chi connectivity index (χ0n) is 13.7. The molecule has 1 rings (SSSR count). The van der Waals surface area contributed by atoms with Crippen LogP contribution >= 0.6 is 11.8 Å². The second-order valence-electron chi connectivity index (χ2n) is 4.94. The number of methoxy groups -OCH3 is 1. The van der Waals surface area contributed by atoms with Gasteiger partial charge in [0, 0.05) is 17.9 Å². The lowest BCUT2D eigenvalue weighted by Crippen LogP contribution is -2.40. The van der Waals surface area contributed by atoms with E-state index < -0.39 is 0 Å². The summed E-state index contributed by atoms with van der Waals surface area (Å²) in [6.07, 6.45) is 0.988. The van der Waals surface area contributed by atoms with Crippen molar-refractivity contribution >= 4 is 23.7 Å². The van der Waals surface area contributed by atoms with Gasteiger partial charge in [0.2, 0.25) is 0 Å². The van der Waals surface area contributed by atoms with E-state index in [2.05, 4.69) is 17.4 Å². The first kappa shape index (κ1) is 19.5. The summed E-state index contributed by atoms with van der Waals surface area (Å²) in [7, 11) is 1.39. The summed E-state index contributed by atoms with van der Waals surface area (Å²) in [5.74, 6) is 0.990. The number of rotatable bonds is 11. The Morgan fingerprint density at radius 1 is 1.26 bits per heavy atom. The van der Waals surface area contributed by atoms with Crippen LogP contribution in [0.4, 0.5) is 0 Å². The highest BCUT2D eigenvalue weighted by atomic mass is 32.2. The van der Waals surface area contributed by atoms with Gasteiger partial charge in [0.1, 0.15) is 6.04 Å². The normalized spacial score (nSPS) is 11.7. The average Bonchev–Trinajstić information content (AvgIpc) is 2.57. The number of thioether (sulfide) groups is 1. The van der Waals surface area contributed by atoms with Crippen molar-refractivity contribution in [2.24, 2.45) is 0 Å². The van der Waals surface area contributed by atoms with Crippen molar-refractivity contribution in [2.75, 3.05) is 26.0 Å². The van der Waals surface area contributed by atoms with Gasteiger partial charge in [-0.05, 0) is 25.5 Å². The van der Waals surface area contributed by atoms with E-state index in [4.69, 9.17) is 9.47 Å². The second-order valence-corrected chi connectivity index (χ2v) is 5.97. The van der Waals surface area contributed by atoms with E-state index in [9.17, 15) is 9.59 Å². The van der Waals surface area contributed by atoms with Crippen molar-refractivity contribution in [1.82, 2.24) is 5.32 Å². The van der Waals surface area contributed by atoms with E-state index in [1.807, 2.05) is 18.2 Å². The lowest BCUT2D eigenvalue weighted by Gasteiger charge is -2.16. The molecule has 0 radical (unpaired) electrons. The summed E-state index contributed by atoms with van der Waals surface area (Å²) >= 11 is 1.68. The average molecular weight is 339 g/mol. The highest BCUT2D eigenvalue weighted by Crippen LogP contribution is 2.13. The molecule has 128 valence electrons. The Morgan fingerprint density at radius 3 is 2.65 bits per heavy atom. The van der Waals surface area contributed by atoms with E-state index >= 15 is 0 Å². The molecule has 6 heteroatoms. The zero-order chi connectivity index (χ0) is 16.9. The fourth-order valence-electron chi connectivity index (χ4n) is 1.96. The third-order valence-electron chi connectivity index (χ3n) is 3.14. The number of carbonyl (C=O) groups excluding carboxylic acids is 2. The van der Waals surface area contributed by atoms with Crippen LogP contribution in [-0.2, 0) is 24.8 Å². The summed E-state index contributed by atoms with van der Waals surface area (Å²) in [4.78, 5) is 23.1. The molecule has 0 heterocycles. The molecule has 0 unspecified atom stereocenters. The van der Waals surface area contributed by atoms with Crippen LogP contribution in [0.25, 0.3) is 0 Å². The Morgan fingerprint density at radius 2 is 2.00 bits per heavy atom. The first-order valence-electron chi connectivity index (χ1n) is 7.75. The monoisotopic (exact) mass is 339 g/mol. The molecule has 0 amide bonds. The second kappa shape index (κ2) is 12.0. The molecule has 1 N–H and O–H groups in total. The van der Waals surface area contributed by atoms with Crippen LogP contribution in [0.1, 0.15) is 25.3 Å². The minimum atomic E-state index is -0.365. The van der Waals surface area contributed by atoms with Crippen LogP contribution in [0, 0.1) is 0 Å². The van der Waals surface area contributed by atoms with Gasteiger partial charge in [0.05, 0.1) is 13.7 Å². The Kier molecular flexibility index (Phi) is 10.2. The van der Waals surface area contributed by atoms with E-state index in [0.29, 0.717) is 31.7 Å². The SMILES string of the molecule is CCOC(=O)CCCN[C@@H](CSCc1ccccc1)C(=O)OC. The third kappa shape index (κ3) is 8.62. The van der Waals surface area contributed by atoms with Gasteiger partial charge in [0.15, 0.2) is 0 Å². The Hall–Kier alpha value is -1.53. The fraction of sp³-hybridized carbons (Fsp3) is 0.529. The molecule has 0 bridgehead atoms. The molecule has 0 aliphatic rings. The molecule has 0 saturated carbocycles. The molecule has 5 nitrogen and oxygen atoms in total. The van der Waals surface area contributed by atoms with Crippen molar-refractivity contribution in [1.29, 1.82) is 0 Å². The zero-order valence-corrected chi connectivity index (χ0v) is 14.6. The van der Waals surface area contributed by atoms with Gasteiger partial charge in [-0.25, -0.2) is 0 Å². The number of hydrogen-bond acceptors (Lipinski definition) is 6. The minimum Gasteiger partial charge on any atom is -0.468 e. The van der Waals surface area contributed by atoms with E-state index in [-0.39, 0.29) is 18.0 Å². The molecule has 0 aliphatic carbocycles. The largest absolute Gasteiger partial charge is 0.468 e. The molecular formula is C17H25NO4S. The van der Waals surface area contributed by atoms with E-state index in [1.54, 1.807) is 18.7 Å². The number of carbonyl (C=O) groups is 2. The van der Waals surface area contributed by atoms with Gasteiger partial charge >= 0.3 is 11.9 Å². The van der Waals surface area contributed by atoms with Crippen LogP contribution in [-0.4, -0.2) is 44.0 Å². The van der Waals surface area contributed by atoms with Gasteiger partial charge in [-0.1, -0.05) is 30.3 Å². The summed E-state index contributed by atoms with van der Waals surface area (Å²) in [6, 6.07) is 9.75. The van der Waals surface area contributed by atoms with Gasteiger partial charge in [0.25, 0.3) is 0 Å². The van der Waals surface area contributed by atoms with Gasteiger partial charge < -0.3 is 14.8 Å². The van der Waals surface area contributed by atoms with Crippen LogP contribution in [0.2, 0.25) is 0 Å². The van der Waals surface area contributed by atoms with Crippen LogP contribution < -0.4 is 5.32 Å².